The molecule has 2 aromatic carbocycles. The maximum atomic E-state index is 12.2. The van der Waals surface area contributed by atoms with Gasteiger partial charge in [-0.15, -0.1) is 0 Å². The normalized spacial score (nSPS) is 12.4. The van der Waals surface area contributed by atoms with Crippen LogP contribution in [-0.2, 0) is 11.2 Å². The van der Waals surface area contributed by atoms with Gasteiger partial charge in [0.1, 0.15) is 0 Å². The summed E-state index contributed by atoms with van der Waals surface area (Å²) in [5, 5.41) is 3.02. The summed E-state index contributed by atoms with van der Waals surface area (Å²) in [6, 6.07) is 16.9. The number of nitrogens with zero attached hydrogens (tertiary/aromatic N) is 2. The number of aryl methyl sites for hydroxylation is 1. The summed E-state index contributed by atoms with van der Waals surface area (Å²) in [6.07, 6.45) is 4.47. The summed E-state index contributed by atoms with van der Waals surface area (Å²) >= 11 is 0. The van der Waals surface area contributed by atoms with E-state index >= 15 is 0 Å². The van der Waals surface area contributed by atoms with Gasteiger partial charge in [-0.1, -0.05) is 43.3 Å². The van der Waals surface area contributed by atoms with E-state index in [0.717, 1.165) is 17.7 Å². The fraction of sp³-hybridized carbons (Fsp3) is 0.348. The number of amides is 1. The topological polar surface area (TPSA) is 35.6 Å². The van der Waals surface area contributed by atoms with Crippen LogP contribution in [0.15, 0.2) is 54.6 Å². The molecule has 0 aliphatic carbocycles. The van der Waals surface area contributed by atoms with Crippen molar-refractivity contribution in [2.45, 2.75) is 19.4 Å². The standard InChI is InChI=1S/C23H31N3O/c1-6-18-7-12-20(13-8-18)22(26(4)5)17-24-23(27)16-11-19-9-14-21(15-10-19)25(2)3/h7-16,22H,6,17H2,1-5H3,(H,24,27)/b16-11+/t22-/m1/s1. The predicted molar refractivity (Wildman–Crippen MR) is 115 cm³/mol. The first-order chi connectivity index (χ1) is 12.9. The van der Waals surface area contributed by atoms with Crippen LogP contribution in [-0.4, -0.2) is 45.5 Å². The molecule has 0 aliphatic heterocycles. The van der Waals surface area contributed by atoms with Crippen LogP contribution < -0.4 is 10.2 Å². The minimum Gasteiger partial charge on any atom is -0.378 e. The first-order valence-electron chi connectivity index (χ1n) is 9.39. The van der Waals surface area contributed by atoms with Crippen molar-refractivity contribution in [3.63, 3.8) is 0 Å². The Morgan fingerprint density at radius 1 is 1.00 bits per heavy atom. The van der Waals surface area contributed by atoms with Crippen LogP contribution in [0.4, 0.5) is 5.69 Å². The van der Waals surface area contributed by atoms with E-state index in [0.29, 0.717) is 6.54 Å². The van der Waals surface area contributed by atoms with Crippen LogP contribution in [0.5, 0.6) is 0 Å². The quantitative estimate of drug-likeness (QED) is 0.724. The first-order valence-corrected chi connectivity index (χ1v) is 9.39. The molecule has 2 aromatic rings. The van der Waals surface area contributed by atoms with Gasteiger partial charge in [0.25, 0.3) is 0 Å². The molecule has 1 amide bonds. The summed E-state index contributed by atoms with van der Waals surface area (Å²) in [7, 11) is 8.09. The summed E-state index contributed by atoms with van der Waals surface area (Å²) in [5.74, 6) is -0.0799. The van der Waals surface area contributed by atoms with Gasteiger partial charge < -0.3 is 15.1 Å². The molecule has 0 fully saturated rings. The van der Waals surface area contributed by atoms with Crippen molar-refractivity contribution in [1.29, 1.82) is 0 Å². The Morgan fingerprint density at radius 3 is 2.15 bits per heavy atom. The minimum atomic E-state index is -0.0799. The van der Waals surface area contributed by atoms with Crippen molar-refractivity contribution in [3.8, 4) is 0 Å². The number of rotatable bonds is 8. The van der Waals surface area contributed by atoms with Crippen LogP contribution in [0.25, 0.3) is 6.08 Å². The SMILES string of the molecule is CCc1ccc([C@@H](CNC(=O)/C=C/c2ccc(N(C)C)cc2)N(C)C)cc1. The number of hydrogen-bond acceptors (Lipinski definition) is 3. The van der Waals surface area contributed by atoms with Gasteiger partial charge in [-0.3, -0.25) is 4.79 Å². The Labute approximate surface area is 163 Å². The number of nitrogens with one attached hydrogen (secondary N) is 1. The summed E-state index contributed by atoms with van der Waals surface area (Å²) in [5.41, 5.74) is 4.68. The highest BCUT2D eigenvalue weighted by atomic mass is 16.1. The molecule has 2 rings (SSSR count). The average Bonchev–Trinajstić information content (AvgIpc) is 2.67. The van der Waals surface area contributed by atoms with Gasteiger partial charge in [0.15, 0.2) is 0 Å². The van der Waals surface area contributed by atoms with Gasteiger partial charge in [-0.25, -0.2) is 0 Å². The molecular weight excluding hydrogens is 334 g/mol. The second-order valence-electron chi connectivity index (χ2n) is 7.14. The van der Waals surface area contributed by atoms with E-state index < -0.39 is 0 Å². The molecule has 0 bridgehead atoms. The summed E-state index contributed by atoms with van der Waals surface area (Å²) in [4.78, 5) is 16.4. The van der Waals surface area contributed by atoms with Gasteiger partial charge in [0.05, 0.1) is 6.04 Å². The van der Waals surface area contributed by atoms with Crippen molar-refractivity contribution >= 4 is 17.7 Å². The molecular formula is C23H31N3O. The van der Waals surface area contributed by atoms with Gasteiger partial charge in [-0.05, 0) is 55.4 Å². The second kappa shape index (κ2) is 9.93. The lowest BCUT2D eigenvalue weighted by Crippen LogP contribution is -2.33. The predicted octanol–water partition coefficient (Wildman–Crippen LogP) is 3.75. The summed E-state index contributed by atoms with van der Waals surface area (Å²) < 4.78 is 0. The lowest BCUT2D eigenvalue weighted by atomic mass is 10.0. The summed E-state index contributed by atoms with van der Waals surface area (Å²) in [6.45, 7) is 2.72. The molecule has 4 heteroatoms. The van der Waals surface area contributed by atoms with E-state index in [9.17, 15) is 4.79 Å². The first kappa shape index (κ1) is 20.7. The zero-order chi connectivity index (χ0) is 19.8. The van der Waals surface area contributed by atoms with Crippen molar-refractivity contribution in [3.05, 3.63) is 71.3 Å². The third kappa shape index (κ3) is 6.26. The van der Waals surface area contributed by atoms with E-state index in [1.165, 1.54) is 11.1 Å². The Kier molecular flexibility index (Phi) is 7.62. The van der Waals surface area contributed by atoms with Gasteiger partial charge in [0.2, 0.25) is 5.91 Å². The largest absolute Gasteiger partial charge is 0.378 e. The smallest absolute Gasteiger partial charge is 0.244 e. The monoisotopic (exact) mass is 365 g/mol. The van der Waals surface area contributed by atoms with Crippen LogP contribution in [0.1, 0.15) is 29.7 Å². The third-order valence-corrected chi connectivity index (χ3v) is 4.70. The molecule has 0 aromatic heterocycles. The van der Waals surface area contributed by atoms with Gasteiger partial charge in [-0.2, -0.15) is 0 Å². The maximum Gasteiger partial charge on any atom is 0.244 e. The second-order valence-corrected chi connectivity index (χ2v) is 7.14. The van der Waals surface area contributed by atoms with Crippen molar-refractivity contribution < 1.29 is 4.79 Å². The van der Waals surface area contributed by atoms with Crippen molar-refractivity contribution in [1.82, 2.24) is 10.2 Å². The van der Waals surface area contributed by atoms with Crippen LogP contribution in [0.3, 0.4) is 0 Å². The van der Waals surface area contributed by atoms with E-state index in [2.05, 4.69) is 46.3 Å². The third-order valence-electron chi connectivity index (χ3n) is 4.70. The zero-order valence-electron chi connectivity index (χ0n) is 17.1. The lowest BCUT2D eigenvalue weighted by molar-refractivity contribution is -0.116. The number of carbonyl (C=O) groups is 1. The fourth-order valence-electron chi connectivity index (χ4n) is 2.89. The van der Waals surface area contributed by atoms with E-state index in [1.807, 2.05) is 58.5 Å². The molecule has 1 N–H and O–H groups in total. The molecule has 0 spiro atoms. The molecule has 4 nitrogen and oxygen atoms in total. The Morgan fingerprint density at radius 2 is 1.63 bits per heavy atom. The number of likely N-dealkylation sites (N-methyl/N-ethyl adjacent to an activating group) is 1. The van der Waals surface area contributed by atoms with E-state index in [4.69, 9.17) is 0 Å². The number of carbonyl (C=O) groups excluding carboxylic acids is 1. The zero-order valence-corrected chi connectivity index (χ0v) is 17.1. The Bertz CT molecular complexity index is 746. The number of anilines is 1. The number of hydrogen-bond donors (Lipinski definition) is 1. The molecule has 27 heavy (non-hydrogen) atoms. The van der Waals surface area contributed by atoms with Crippen molar-refractivity contribution in [2.24, 2.45) is 0 Å². The van der Waals surface area contributed by atoms with E-state index in [1.54, 1.807) is 6.08 Å². The van der Waals surface area contributed by atoms with Crippen LogP contribution >= 0.6 is 0 Å². The minimum absolute atomic E-state index is 0.0799. The molecule has 0 unspecified atom stereocenters. The molecule has 0 aliphatic rings. The average molecular weight is 366 g/mol. The highest BCUT2D eigenvalue weighted by molar-refractivity contribution is 5.91. The fourth-order valence-corrected chi connectivity index (χ4v) is 2.89. The molecule has 1 atom stereocenters. The highest BCUT2D eigenvalue weighted by Crippen LogP contribution is 2.18. The van der Waals surface area contributed by atoms with Crippen molar-refractivity contribution in [2.75, 3.05) is 39.6 Å². The lowest BCUT2D eigenvalue weighted by Gasteiger charge is -2.25. The van der Waals surface area contributed by atoms with Gasteiger partial charge >= 0.3 is 0 Å². The van der Waals surface area contributed by atoms with Crippen LogP contribution in [0, 0.1) is 0 Å². The van der Waals surface area contributed by atoms with Gasteiger partial charge in [0, 0.05) is 32.4 Å². The molecule has 0 radical (unpaired) electrons. The molecule has 0 saturated carbocycles. The van der Waals surface area contributed by atoms with E-state index in [-0.39, 0.29) is 11.9 Å². The highest BCUT2D eigenvalue weighted by Gasteiger charge is 2.14. The number of benzene rings is 2. The molecule has 0 heterocycles. The maximum absolute atomic E-state index is 12.2. The molecule has 144 valence electrons. The Balaban J connectivity index is 1.94. The van der Waals surface area contributed by atoms with Crippen LogP contribution in [0.2, 0.25) is 0 Å². The Hall–Kier alpha value is -2.59. The molecule has 0 saturated heterocycles.